The van der Waals surface area contributed by atoms with Crippen molar-refractivity contribution in [3.8, 4) is 0 Å². The minimum absolute atomic E-state index is 0. The van der Waals surface area contributed by atoms with Gasteiger partial charge in [-0.1, -0.05) is 0 Å². The standard InChI is InChI=1S/C5H9NO3S.Na.H/c1-3(7)6-4(2-10)5(8)9;;/h4,10H,2H2,1H3,(H,6,7)(H,8,9);;/t4-;;/m0../s1. The molecule has 0 spiro atoms. The first-order valence-corrected chi connectivity index (χ1v) is 3.32. The van der Waals surface area contributed by atoms with E-state index >= 15 is 0 Å². The molecule has 11 heavy (non-hydrogen) atoms. The molecular weight excluding hydrogens is 177 g/mol. The fraction of sp³-hybridized carbons (Fsp3) is 0.600. The first kappa shape index (κ1) is 13.9. The first-order valence-electron chi connectivity index (χ1n) is 2.68. The van der Waals surface area contributed by atoms with Crippen LogP contribution in [0.3, 0.4) is 0 Å². The summed E-state index contributed by atoms with van der Waals surface area (Å²) in [4.78, 5) is 20.5. The molecule has 0 aromatic rings. The summed E-state index contributed by atoms with van der Waals surface area (Å²) in [6.07, 6.45) is 0. The summed E-state index contributed by atoms with van der Waals surface area (Å²) in [5, 5.41) is 10.6. The van der Waals surface area contributed by atoms with E-state index in [0.29, 0.717) is 0 Å². The van der Waals surface area contributed by atoms with Gasteiger partial charge in [-0.05, 0) is 0 Å². The summed E-state index contributed by atoms with van der Waals surface area (Å²) in [7, 11) is 0. The zero-order valence-corrected chi connectivity index (χ0v) is 6.39. The molecule has 0 saturated heterocycles. The van der Waals surface area contributed by atoms with Crippen LogP contribution in [0.5, 0.6) is 0 Å². The molecule has 2 N–H and O–H groups in total. The van der Waals surface area contributed by atoms with Gasteiger partial charge in [-0.3, -0.25) is 4.79 Å². The third-order valence-corrected chi connectivity index (χ3v) is 1.22. The van der Waals surface area contributed by atoms with Crippen molar-refractivity contribution < 1.29 is 14.7 Å². The molecule has 0 bridgehead atoms. The van der Waals surface area contributed by atoms with Gasteiger partial charge in [-0.2, -0.15) is 12.6 Å². The van der Waals surface area contributed by atoms with E-state index in [4.69, 9.17) is 5.11 Å². The van der Waals surface area contributed by atoms with Crippen molar-refractivity contribution in [1.82, 2.24) is 5.32 Å². The van der Waals surface area contributed by atoms with Crippen molar-refractivity contribution in [3.05, 3.63) is 0 Å². The number of carbonyl (C=O) groups is 2. The summed E-state index contributed by atoms with van der Waals surface area (Å²) in [5.41, 5.74) is 0. The van der Waals surface area contributed by atoms with Gasteiger partial charge in [-0.25, -0.2) is 4.79 Å². The Morgan fingerprint density at radius 1 is 1.64 bits per heavy atom. The first-order chi connectivity index (χ1) is 4.57. The second kappa shape index (κ2) is 6.97. The third-order valence-electron chi connectivity index (χ3n) is 0.858. The molecule has 60 valence electrons. The number of amides is 1. The van der Waals surface area contributed by atoms with Gasteiger partial charge in [0.05, 0.1) is 0 Å². The van der Waals surface area contributed by atoms with E-state index in [1.807, 2.05) is 0 Å². The monoisotopic (exact) mass is 187 g/mol. The van der Waals surface area contributed by atoms with Crippen molar-refractivity contribution in [2.75, 3.05) is 5.75 Å². The molecule has 0 radical (unpaired) electrons. The Labute approximate surface area is 92.4 Å². The van der Waals surface area contributed by atoms with Gasteiger partial charge in [0.2, 0.25) is 5.91 Å². The molecule has 0 saturated carbocycles. The van der Waals surface area contributed by atoms with E-state index < -0.39 is 12.0 Å². The molecule has 4 nitrogen and oxygen atoms in total. The number of thiol groups is 1. The Morgan fingerprint density at radius 2 is 2.09 bits per heavy atom. The summed E-state index contributed by atoms with van der Waals surface area (Å²) in [6, 6.07) is -0.874. The van der Waals surface area contributed by atoms with Crippen LogP contribution in [0.15, 0.2) is 0 Å². The number of hydrogen-bond acceptors (Lipinski definition) is 3. The van der Waals surface area contributed by atoms with Crippen molar-refractivity contribution in [1.29, 1.82) is 0 Å². The summed E-state index contributed by atoms with van der Waals surface area (Å²) in [6.45, 7) is 1.26. The molecule has 0 heterocycles. The second-order valence-corrected chi connectivity index (χ2v) is 2.14. The summed E-state index contributed by atoms with van der Waals surface area (Å²) >= 11 is 3.73. The third kappa shape index (κ3) is 6.68. The average Bonchev–Trinajstić information content (AvgIpc) is 1.81. The normalized spacial score (nSPS) is 11.1. The van der Waals surface area contributed by atoms with Crippen LogP contribution < -0.4 is 5.32 Å². The van der Waals surface area contributed by atoms with Gasteiger partial charge in [-0.15, -0.1) is 0 Å². The maximum atomic E-state index is 10.3. The number of carboxylic acid groups (broad SMARTS) is 1. The van der Waals surface area contributed by atoms with E-state index in [9.17, 15) is 9.59 Å². The Bertz CT molecular complexity index is 153. The molecule has 0 aliphatic heterocycles. The fourth-order valence-corrected chi connectivity index (χ4v) is 0.678. The van der Waals surface area contributed by atoms with Gasteiger partial charge in [0, 0.05) is 12.7 Å². The van der Waals surface area contributed by atoms with E-state index in [0.717, 1.165) is 0 Å². The van der Waals surface area contributed by atoms with Crippen LogP contribution in [0.2, 0.25) is 0 Å². The molecule has 0 aliphatic carbocycles. The number of carboxylic acids is 1. The average molecular weight is 187 g/mol. The molecule has 0 fully saturated rings. The molecule has 0 unspecified atom stereocenters. The van der Waals surface area contributed by atoms with Crippen LogP contribution in [0.4, 0.5) is 0 Å². The van der Waals surface area contributed by atoms with Crippen LogP contribution in [0.1, 0.15) is 6.92 Å². The predicted molar refractivity (Wildman–Crippen MR) is 46.2 cm³/mol. The van der Waals surface area contributed by atoms with Crippen LogP contribution in [-0.2, 0) is 9.59 Å². The molecule has 0 aromatic heterocycles. The van der Waals surface area contributed by atoms with E-state index in [1.54, 1.807) is 0 Å². The van der Waals surface area contributed by atoms with E-state index in [2.05, 4.69) is 17.9 Å². The maximum absolute atomic E-state index is 10.3. The van der Waals surface area contributed by atoms with Gasteiger partial charge in [0.25, 0.3) is 0 Å². The number of nitrogens with one attached hydrogen (secondary N) is 1. The van der Waals surface area contributed by atoms with Gasteiger partial charge in [0.15, 0.2) is 0 Å². The van der Waals surface area contributed by atoms with Crippen LogP contribution in [0, 0.1) is 0 Å². The number of aliphatic carboxylic acids is 1. The molecule has 0 rings (SSSR count). The molecule has 0 aromatic carbocycles. The summed E-state index contributed by atoms with van der Waals surface area (Å²) in [5.74, 6) is -1.32. The van der Waals surface area contributed by atoms with Gasteiger partial charge >= 0.3 is 35.5 Å². The number of rotatable bonds is 3. The Balaban J connectivity index is 0. The second-order valence-electron chi connectivity index (χ2n) is 1.77. The predicted octanol–water partition coefficient (Wildman–Crippen LogP) is -1.14. The molecular formula is C5H10NNaO3S. The van der Waals surface area contributed by atoms with Crippen LogP contribution in [-0.4, -0.2) is 58.3 Å². The molecule has 0 aliphatic rings. The van der Waals surface area contributed by atoms with Crippen LogP contribution in [0.25, 0.3) is 0 Å². The summed E-state index contributed by atoms with van der Waals surface area (Å²) < 4.78 is 0. The fourth-order valence-electron chi connectivity index (χ4n) is 0.431. The molecule has 6 heteroatoms. The van der Waals surface area contributed by atoms with Crippen LogP contribution >= 0.6 is 12.6 Å². The van der Waals surface area contributed by atoms with Gasteiger partial charge in [0.1, 0.15) is 6.04 Å². The quantitative estimate of drug-likeness (QED) is 0.386. The molecule has 1 amide bonds. The Hall–Kier alpha value is 0.290. The van der Waals surface area contributed by atoms with E-state index in [1.165, 1.54) is 6.92 Å². The zero-order chi connectivity index (χ0) is 8.15. The SMILES string of the molecule is CC(=O)N[C@@H](CS)C(=O)O.[NaH]. The minimum atomic E-state index is -1.06. The van der Waals surface area contributed by atoms with Gasteiger partial charge < -0.3 is 10.4 Å². The Kier molecular flexibility index (Phi) is 8.77. The number of hydrogen-bond donors (Lipinski definition) is 3. The zero-order valence-electron chi connectivity index (χ0n) is 5.50. The van der Waals surface area contributed by atoms with Crippen molar-refractivity contribution in [2.45, 2.75) is 13.0 Å². The van der Waals surface area contributed by atoms with Crippen molar-refractivity contribution in [2.24, 2.45) is 0 Å². The van der Waals surface area contributed by atoms with E-state index in [-0.39, 0.29) is 41.2 Å². The van der Waals surface area contributed by atoms with Crippen molar-refractivity contribution in [3.63, 3.8) is 0 Å². The van der Waals surface area contributed by atoms with Crippen molar-refractivity contribution >= 4 is 54.1 Å². The topological polar surface area (TPSA) is 66.4 Å². The Morgan fingerprint density at radius 3 is 2.18 bits per heavy atom. The molecule has 1 atom stereocenters. The number of carbonyl (C=O) groups excluding carboxylic acids is 1.